The Morgan fingerprint density at radius 1 is 1.46 bits per heavy atom. The monoisotopic (exact) mass is 174 g/mol. The fourth-order valence-corrected chi connectivity index (χ4v) is 1.67. The lowest BCUT2D eigenvalue weighted by Gasteiger charge is -2.06. The summed E-state index contributed by atoms with van der Waals surface area (Å²) in [7, 11) is 0. The minimum atomic E-state index is -0.328. The maximum absolute atomic E-state index is 11.1. The van der Waals surface area contributed by atoms with Crippen LogP contribution in [-0.2, 0) is 4.79 Å². The van der Waals surface area contributed by atoms with Crippen LogP contribution in [0.5, 0.6) is 0 Å². The van der Waals surface area contributed by atoms with Crippen LogP contribution in [-0.4, -0.2) is 11.6 Å². The highest BCUT2D eigenvalue weighted by Crippen LogP contribution is 2.34. The smallest absolute Gasteiger partial charge is 0.230 e. The second-order valence-electron chi connectivity index (χ2n) is 3.15. The second kappa shape index (κ2) is 2.69. The lowest BCUT2D eigenvalue weighted by atomic mass is 9.96. The molecular formula is C10H10N2O. The van der Waals surface area contributed by atoms with Gasteiger partial charge in [-0.25, -0.2) is 0 Å². The van der Waals surface area contributed by atoms with Gasteiger partial charge in [-0.2, -0.15) is 0 Å². The summed E-state index contributed by atoms with van der Waals surface area (Å²) in [5, 5.41) is 0. The highest BCUT2D eigenvalue weighted by Gasteiger charge is 2.28. The summed E-state index contributed by atoms with van der Waals surface area (Å²) in [6.45, 7) is 1.83. The molecule has 3 heteroatoms. The molecule has 0 aromatic heterocycles. The van der Waals surface area contributed by atoms with E-state index in [0.29, 0.717) is 0 Å². The molecule has 1 atom stereocenters. The maximum atomic E-state index is 11.1. The van der Waals surface area contributed by atoms with Crippen LogP contribution in [0, 0.1) is 0 Å². The van der Waals surface area contributed by atoms with Crippen LogP contribution in [0.2, 0.25) is 0 Å². The molecule has 1 amide bonds. The van der Waals surface area contributed by atoms with Crippen LogP contribution >= 0.6 is 0 Å². The predicted octanol–water partition coefficient (Wildman–Crippen LogP) is 1.36. The number of hydrogen-bond acceptors (Lipinski definition) is 2. The molecule has 0 aliphatic carbocycles. The zero-order valence-corrected chi connectivity index (χ0v) is 7.32. The van der Waals surface area contributed by atoms with Gasteiger partial charge < -0.3 is 5.73 Å². The number of para-hydroxylation sites is 1. The molecule has 13 heavy (non-hydrogen) atoms. The van der Waals surface area contributed by atoms with E-state index in [4.69, 9.17) is 5.73 Å². The highest BCUT2D eigenvalue weighted by atomic mass is 16.1. The summed E-state index contributed by atoms with van der Waals surface area (Å²) >= 11 is 0. The van der Waals surface area contributed by atoms with Gasteiger partial charge in [-0.05, 0) is 18.6 Å². The number of nitrogens with two attached hydrogens (primary N) is 1. The Labute approximate surface area is 76.3 Å². The van der Waals surface area contributed by atoms with Crippen molar-refractivity contribution in [3.05, 3.63) is 29.8 Å². The molecule has 66 valence electrons. The Morgan fingerprint density at radius 2 is 2.15 bits per heavy atom. The van der Waals surface area contributed by atoms with E-state index < -0.39 is 0 Å². The largest absolute Gasteiger partial charge is 0.369 e. The topological polar surface area (TPSA) is 55.4 Å². The Hall–Kier alpha value is -1.64. The molecule has 1 aliphatic rings. The number of rotatable bonds is 1. The molecule has 2 N–H and O–H groups in total. The molecule has 1 aliphatic heterocycles. The van der Waals surface area contributed by atoms with Gasteiger partial charge in [0.1, 0.15) is 5.92 Å². The Morgan fingerprint density at radius 3 is 2.85 bits per heavy atom. The van der Waals surface area contributed by atoms with Gasteiger partial charge in [0.2, 0.25) is 5.91 Å². The van der Waals surface area contributed by atoms with E-state index in [1.165, 1.54) is 0 Å². The van der Waals surface area contributed by atoms with E-state index in [1.54, 1.807) is 0 Å². The summed E-state index contributed by atoms with van der Waals surface area (Å²) in [5.41, 5.74) is 7.86. The molecular weight excluding hydrogens is 164 g/mol. The zero-order valence-electron chi connectivity index (χ0n) is 7.32. The fourth-order valence-electron chi connectivity index (χ4n) is 1.67. The molecule has 0 radical (unpaired) electrons. The summed E-state index contributed by atoms with van der Waals surface area (Å²) in [6.07, 6.45) is 0. The van der Waals surface area contributed by atoms with Crippen molar-refractivity contribution in [2.75, 3.05) is 0 Å². The molecule has 0 fully saturated rings. The van der Waals surface area contributed by atoms with Crippen molar-refractivity contribution in [3.8, 4) is 0 Å². The van der Waals surface area contributed by atoms with Gasteiger partial charge >= 0.3 is 0 Å². The van der Waals surface area contributed by atoms with Crippen LogP contribution in [0.25, 0.3) is 0 Å². The molecule has 1 aromatic carbocycles. The molecule has 1 aromatic rings. The van der Waals surface area contributed by atoms with Crippen molar-refractivity contribution in [1.29, 1.82) is 0 Å². The second-order valence-corrected chi connectivity index (χ2v) is 3.15. The van der Waals surface area contributed by atoms with E-state index in [2.05, 4.69) is 4.99 Å². The van der Waals surface area contributed by atoms with Crippen molar-refractivity contribution in [2.45, 2.75) is 12.8 Å². The first-order valence-corrected chi connectivity index (χ1v) is 4.13. The average Bonchev–Trinajstić information content (AvgIpc) is 2.39. The first-order chi connectivity index (χ1) is 6.20. The number of carbonyl (C=O) groups is 1. The van der Waals surface area contributed by atoms with Crippen molar-refractivity contribution < 1.29 is 4.79 Å². The number of primary amides is 1. The number of nitrogens with zero attached hydrogens (tertiary/aromatic N) is 1. The molecule has 0 bridgehead atoms. The molecule has 2 rings (SSSR count). The third-order valence-electron chi connectivity index (χ3n) is 2.25. The highest BCUT2D eigenvalue weighted by molar-refractivity contribution is 6.12. The van der Waals surface area contributed by atoms with Crippen LogP contribution in [0.4, 0.5) is 5.69 Å². The molecule has 3 nitrogen and oxygen atoms in total. The number of benzene rings is 1. The van der Waals surface area contributed by atoms with Crippen molar-refractivity contribution in [3.63, 3.8) is 0 Å². The van der Waals surface area contributed by atoms with E-state index in [-0.39, 0.29) is 11.8 Å². The third-order valence-corrected chi connectivity index (χ3v) is 2.25. The predicted molar refractivity (Wildman–Crippen MR) is 51.1 cm³/mol. The fraction of sp³-hybridized carbons (Fsp3) is 0.200. The summed E-state index contributed by atoms with van der Waals surface area (Å²) in [4.78, 5) is 15.4. The number of fused-ring (bicyclic) bond motifs is 1. The van der Waals surface area contributed by atoms with Gasteiger partial charge in [-0.1, -0.05) is 18.2 Å². The van der Waals surface area contributed by atoms with Crippen molar-refractivity contribution in [1.82, 2.24) is 0 Å². The van der Waals surface area contributed by atoms with Gasteiger partial charge in [0.25, 0.3) is 0 Å². The molecule has 0 saturated carbocycles. The summed E-state index contributed by atoms with van der Waals surface area (Å²) in [6, 6.07) is 7.58. The lowest BCUT2D eigenvalue weighted by Crippen LogP contribution is -2.24. The SMILES string of the molecule is CC1=Nc2ccccc2C1C(N)=O. The van der Waals surface area contributed by atoms with Gasteiger partial charge in [-0.15, -0.1) is 0 Å². The lowest BCUT2D eigenvalue weighted by molar-refractivity contribution is -0.118. The van der Waals surface area contributed by atoms with Crippen molar-refractivity contribution >= 4 is 17.3 Å². The standard InChI is InChI=1S/C10H10N2O/c1-6-9(10(11)13)7-4-2-3-5-8(7)12-6/h2-5,9H,1H3,(H2,11,13). The van der Waals surface area contributed by atoms with Crippen LogP contribution in [0.3, 0.4) is 0 Å². The zero-order chi connectivity index (χ0) is 9.42. The molecule has 1 heterocycles. The Balaban J connectivity index is 2.55. The number of amides is 1. The van der Waals surface area contributed by atoms with Gasteiger partial charge in [0, 0.05) is 5.71 Å². The van der Waals surface area contributed by atoms with E-state index in [0.717, 1.165) is 17.0 Å². The maximum Gasteiger partial charge on any atom is 0.230 e. The van der Waals surface area contributed by atoms with Gasteiger partial charge in [-0.3, -0.25) is 9.79 Å². The average molecular weight is 174 g/mol. The molecule has 0 saturated heterocycles. The van der Waals surface area contributed by atoms with E-state index in [9.17, 15) is 4.79 Å². The van der Waals surface area contributed by atoms with Gasteiger partial charge in [0.15, 0.2) is 0 Å². The van der Waals surface area contributed by atoms with E-state index in [1.807, 2.05) is 31.2 Å². The molecule has 0 spiro atoms. The third kappa shape index (κ3) is 1.13. The molecule has 1 unspecified atom stereocenters. The number of hydrogen-bond donors (Lipinski definition) is 1. The van der Waals surface area contributed by atoms with E-state index >= 15 is 0 Å². The summed E-state index contributed by atoms with van der Waals surface area (Å²) < 4.78 is 0. The first kappa shape index (κ1) is 7.98. The first-order valence-electron chi connectivity index (χ1n) is 4.13. The van der Waals surface area contributed by atoms with Crippen LogP contribution in [0.15, 0.2) is 29.3 Å². The quantitative estimate of drug-likeness (QED) is 0.686. The van der Waals surface area contributed by atoms with Crippen LogP contribution < -0.4 is 5.73 Å². The Kier molecular flexibility index (Phi) is 1.65. The minimum Gasteiger partial charge on any atom is -0.369 e. The van der Waals surface area contributed by atoms with Crippen molar-refractivity contribution in [2.24, 2.45) is 10.7 Å². The minimum absolute atomic E-state index is 0.323. The number of carbonyl (C=O) groups excluding carboxylic acids is 1. The Bertz CT molecular complexity index is 396. The summed E-state index contributed by atoms with van der Waals surface area (Å²) in [5.74, 6) is -0.651. The normalized spacial score (nSPS) is 19.5. The van der Waals surface area contributed by atoms with Crippen LogP contribution in [0.1, 0.15) is 18.4 Å². The number of aliphatic imine (C=N–C) groups is 1. The van der Waals surface area contributed by atoms with Gasteiger partial charge in [0.05, 0.1) is 5.69 Å².